The second-order valence-electron chi connectivity index (χ2n) is 2.64. The molecule has 0 saturated heterocycles. The predicted octanol–water partition coefficient (Wildman–Crippen LogP) is -0.151. The first kappa shape index (κ1) is 10.1. The van der Waals surface area contributed by atoms with E-state index in [0.29, 0.717) is 19.6 Å². The van der Waals surface area contributed by atoms with Crippen molar-refractivity contribution in [3.05, 3.63) is 11.9 Å². The smallest absolute Gasteiger partial charge is 0.0849 e. The van der Waals surface area contributed by atoms with Crippen LogP contribution in [0.1, 0.15) is 12.6 Å². The van der Waals surface area contributed by atoms with Gasteiger partial charge >= 0.3 is 0 Å². The fourth-order valence-electron chi connectivity index (χ4n) is 0.979. The van der Waals surface area contributed by atoms with E-state index in [1.807, 2.05) is 13.1 Å². The lowest BCUT2D eigenvalue weighted by Gasteiger charge is -1.99. The monoisotopic (exact) mass is 185 g/mol. The molecule has 0 saturated carbocycles. The number of rotatable bonds is 6. The van der Waals surface area contributed by atoms with E-state index in [-0.39, 0.29) is 6.61 Å². The van der Waals surface area contributed by atoms with Gasteiger partial charge in [0.25, 0.3) is 0 Å². The molecule has 1 N–H and O–H groups in total. The van der Waals surface area contributed by atoms with Gasteiger partial charge in [-0.25, -0.2) is 4.68 Å². The number of aliphatic hydroxyl groups excluding tert-OH is 1. The number of aromatic nitrogens is 3. The van der Waals surface area contributed by atoms with Crippen molar-refractivity contribution in [3.63, 3.8) is 0 Å². The van der Waals surface area contributed by atoms with Crippen LogP contribution in [0.25, 0.3) is 0 Å². The number of nitrogens with zero attached hydrogens (tertiary/aromatic N) is 3. The number of ether oxygens (including phenoxy) is 1. The summed E-state index contributed by atoms with van der Waals surface area (Å²) >= 11 is 0. The van der Waals surface area contributed by atoms with Crippen LogP contribution >= 0.6 is 0 Å². The van der Waals surface area contributed by atoms with Gasteiger partial charge in [0.1, 0.15) is 0 Å². The Labute approximate surface area is 77.3 Å². The van der Waals surface area contributed by atoms with Crippen LogP contribution < -0.4 is 0 Å². The van der Waals surface area contributed by atoms with Crippen molar-refractivity contribution in [2.24, 2.45) is 0 Å². The first-order valence-corrected chi connectivity index (χ1v) is 4.44. The number of hydrogen-bond donors (Lipinski definition) is 1. The molecular weight excluding hydrogens is 170 g/mol. The molecule has 0 spiro atoms. The van der Waals surface area contributed by atoms with Crippen molar-refractivity contribution in [2.75, 3.05) is 19.8 Å². The minimum atomic E-state index is 0.115. The van der Waals surface area contributed by atoms with E-state index < -0.39 is 0 Å². The van der Waals surface area contributed by atoms with Crippen LogP contribution in [0.4, 0.5) is 0 Å². The fourth-order valence-corrected chi connectivity index (χ4v) is 0.979. The molecule has 0 aliphatic heterocycles. The molecule has 0 atom stereocenters. The molecule has 0 fully saturated rings. The summed E-state index contributed by atoms with van der Waals surface area (Å²) in [5.41, 5.74) is 0.819. The lowest BCUT2D eigenvalue weighted by atomic mass is 10.3. The second-order valence-corrected chi connectivity index (χ2v) is 2.64. The van der Waals surface area contributed by atoms with Gasteiger partial charge in [0.15, 0.2) is 0 Å². The summed E-state index contributed by atoms with van der Waals surface area (Å²) in [5, 5.41) is 16.4. The van der Waals surface area contributed by atoms with Crippen molar-refractivity contribution in [1.82, 2.24) is 15.0 Å². The van der Waals surface area contributed by atoms with Crippen molar-refractivity contribution in [1.29, 1.82) is 0 Å². The van der Waals surface area contributed by atoms with Crippen molar-refractivity contribution >= 4 is 0 Å². The minimum Gasteiger partial charge on any atom is -0.396 e. The van der Waals surface area contributed by atoms with Gasteiger partial charge in [0, 0.05) is 25.8 Å². The summed E-state index contributed by atoms with van der Waals surface area (Å²) in [6, 6.07) is 0. The summed E-state index contributed by atoms with van der Waals surface area (Å²) in [6.45, 7) is 4.16. The second kappa shape index (κ2) is 5.66. The Morgan fingerprint density at radius 1 is 1.62 bits per heavy atom. The van der Waals surface area contributed by atoms with Crippen LogP contribution in [0.3, 0.4) is 0 Å². The van der Waals surface area contributed by atoms with E-state index in [1.165, 1.54) is 0 Å². The average molecular weight is 185 g/mol. The quantitative estimate of drug-likeness (QED) is 0.626. The van der Waals surface area contributed by atoms with Crippen LogP contribution in [0.5, 0.6) is 0 Å². The Morgan fingerprint density at radius 2 is 2.46 bits per heavy atom. The van der Waals surface area contributed by atoms with Crippen LogP contribution in [0.15, 0.2) is 6.20 Å². The normalized spacial score (nSPS) is 10.6. The van der Waals surface area contributed by atoms with Gasteiger partial charge < -0.3 is 9.84 Å². The number of aliphatic hydroxyl groups is 1. The van der Waals surface area contributed by atoms with Gasteiger partial charge in [-0.15, -0.1) is 5.10 Å². The van der Waals surface area contributed by atoms with Gasteiger partial charge in [0.05, 0.1) is 18.8 Å². The lowest BCUT2D eigenvalue weighted by Crippen LogP contribution is -2.06. The highest BCUT2D eigenvalue weighted by Crippen LogP contribution is 1.93. The van der Waals surface area contributed by atoms with E-state index in [1.54, 1.807) is 4.68 Å². The van der Waals surface area contributed by atoms with Crippen LogP contribution in [-0.4, -0.2) is 39.9 Å². The molecule has 5 heteroatoms. The third-order valence-corrected chi connectivity index (χ3v) is 1.62. The van der Waals surface area contributed by atoms with Gasteiger partial charge in [-0.3, -0.25) is 0 Å². The van der Waals surface area contributed by atoms with Crippen LogP contribution in [-0.2, 0) is 17.7 Å². The maximum absolute atomic E-state index is 8.64. The van der Waals surface area contributed by atoms with E-state index in [0.717, 1.165) is 12.3 Å². The molecule has 1 rings (SSSR count). The lowest BCUT2D eigenvalue weighted by molar-refractivity contribution is 0.136. The largest absolute Gasteiger partial charge is 0.396 e. The average Bonchev–Trinajstić information content (AvgIpc) is 2.54. The maximum Gasteiger partial charge on any atom is 0.0849 e. The molecule has 0 aliphatic carbocycles. The summed E-state index contributed by atoms with van der Waals surface area (Å²) in [6.07, 6.45) is 2.39. The summed E-state index contributed by atoms with van der Waals surface area (Å²) in [5.74, 6) is 0. The first-order chi connectivity index (χ1) is 6.36. The molecule has 13 heavy (non-hydrogen) atoms. The van der Waals surface area contributed by atoms with Crippen molar-refractivity contribution < 1.29 is 9.84 Å². The molecule has 0 radical (unpaired) electrons. The summed E-state index contributed by atoms with van der Waals surface area (Å²) in [7, 11) is 0. The molecule has 0 aromatic carbocycles. The van der Waals surface area contributed by atoms with E-state index in [9.17, 15) is 0 Å². The zero-order valence-electron chi connectivity index (χ0n) is 7.81. The third kappa shape index (κ3) is 3.52. The third-order valence-electron chi connectivity index (χ3n) is 1.62. The standard InChI is InChI=1S/C8H15N3O2/c1-2-13-6-4-11-7-8(3-5-12)9-10-11/h7,12H,2-6H2,1H3. The zero-order chi connectivity index (χ0) is 9.52. The Bertz CT molecular complexity index is 237. The van der Waals surface area contributed by atoms with Crippen LogP contribution in [0, 0.1) is 0 Å². The zero-order valence-corrected chi connectivity index (χ0v) is 7.81. The molecule has 0 aliphatic rings. The maximum atomic E-state index is 8.64. The Kier molecular flexibility index (Phi) is 4.42. The Hall–Kier alpha value is -0.940. The summed E-state index contributed by atoms with van der Waals surface area (Å²) in [4.78, 5) is 0. The van der Waals surface area contributed by atoms with E-state index >= 15 is 0 Å². The minimum absolute atomic E-state index is 0.115. The molecule has 5 nitrogen and oxygen atoms in total. The Balaban J connectivity index is 2.31. The summed E-state index contributed by atoms with van der Waals surface area (Å²) < 4.78 is 6.89. The first-order valence-electron chi connectivity index (χ1n) is 4.44. The molecule has 0 bridgehead atoms. The van der Waals surface area contributed by atoms with Gasteiger partial charge in [-0.1, -0.05) is 5.21 Å². The highest BCUT2D eigenvalue weighted by molar-refractivity contribution is 4.91. The van der Waals surface area contributed by atoms with Crippen molar-refractivity contribution in [3.8, 4) is 0 Å². The van der Waals surface area contributed by atoms with Gasteiger partial charge in [0.2, 0.25) is 0 Å². The van der Waals surface area contributed by atoms with E-state index in [2.05, 4.69) is 10.3 Å². The fraction of sp³-hybridized carbons (Fsp3) is 0.750. The molecule has 1 aromatic heterocycles. The van der Waals surface area contributed by atoms with Crippen LogP contribution in [0.2, 0.25) is 0 Å². The number of hydrogen-bond acceptors (Lipinski definition) is 4. The molecule has 1 heterocycles. The SMILES string of the molecule is CCOCCn1cc(CCO)nn1. The Morgan fingerprint density at radius 3 is 3.15 bits per heavy atom. The topological polar surface area (TPSA) is 60.2 Å². The molecule has 1 aromatic rings. The van der Waals surface area contributed by atoms with E-state index in [4.69, 9.17) is 9.84 Å². The predicted molar refractivity (Wildman–Crippen MR) is 47.3 cm³/mol. The van der Waals surface area contributed by atoms with Crippen molar-refractivity contribution in [2.45, 2.75) is 19.9 Å². The molecule has 0 unspecified atom stereocenters. The molecule has 0 amide bonds. The highest BCUT2D eigenvalue weighted by Gasteiger charge is 1.98. The molecular formula is C8H15N3O2. The molecule has 74 valence electrons. The van der Waals surface area contributed by atoms with Gasteiger partial charge in [-0.05, 0) is 6.92 Å². The highest BCUT2D eigenvalue weighted by atomic mass is 16.5. The van der Waals surface area contributed by atoms with Gasteiger partial charge in [-0.2, -0.15) is 0 Å².